The van der Waals surface area contributed by atoms with Gasteiger partial charge in [0.2, 0.25) is 0 Å². The fraction of sp³-hybridized carbons (Fsp3) is 0.368. The van der Waals surface area contributed by atoms with Crippen LogP contribution in [0, 0.1) is 0 Å². The lowest BCUT2D eigenvalue weighted by Gasteiger charge is -2.12. The molecule has 1 heterocycles. The molecule has 2 aliphatic rings. The van der Waals surface area contributed by atoms with Gasteiger partial charge in [-0.1, -0.05) is 18.2 Å². The minimum absolute atomic E-state index is 0.130. The maximum absolute atomic E-state index is 13.1. The van der Waals surface area contributed by atoms with E-state index in [0.29, 0.717) is 25.7 Å². The van der Waals surface area contributed by atoms with Crippen LogP contribution in [0.2, 0.25) is 0 Å². The maximum Gasteiger partial charge on any atom is 0.120 e. The Morgan fingerprint density at radius 2 is 1.87 bits per heavy atom. The molecule has 1 fully saturated rings. The molecule has 1 unspecified atom stereocenters. The van der Waals surface area contributed by atoms with E-state index in [4.69, 9.17) is 9.47 Å². The number of ether oxygens (including phenoxy) is 2. The highest BCUT2D eigenvalue weighted by atomic mass is 19.1. The molecule has 0 aromatic heterocycles. The van der Waals surface area contributed by atoms with Gasteiger partial charge in [-0.05, 0) is 55.3 Å². The van der Waals surface area contributed by atoms with Crippen LogP contribution in [0.3, 0.4) is 0 Å². The van der Waals surface area contributed by atoms with E-state index in [1.54, 1.807) is 6.08 Å². The molecule has 0 spiro atoms. The van der Waals surface area contributed by atoms with Crippen LogP contribution in [0.4, 0.5) is 4.39 Å². The second kappa shape index (κ2) is 7.97. The number of allylic oxidation sites excluding steroid dienone is 4. The van der Waals surface area contributed by atoms with Gasteiger partial charge in [0.15, 0.2) is 0 Å². The van der Waals surface area contributed by atoms with Crippen LogP contribution in [0.1, 0.15) is 19.3 Å². The van der Waals surface area contributed by atoms with Crippen LogP contribution in [-0.4, -0.2) is 25.8 Å². The smallest absolute Gasteiger partial charge is 0.120 e. The molecule has 23 heavy (non-hydrogen) atoms. The van der Waals surface area contributed by atoms with E-state index in [9.17, 15) is 4.39 Å². The van der Waals surface area contributed by atoms with Crippen molar-refractivity contribution in [3.05, 3.63) is 60.0 Å². The first kappa shape index (κ1) is 15.8. The van der Waals surface area contributed by atoms with Gasteiger partial charge in [0, 0.05) is 12.5 Å². The zero-order valence-corrected chi connectivity index (χ0v) is 13.1. The van der Waals surface area contributed by atoms with E-state index >= 15 is 0 Å². The highest BCUT2D eigenvalue weighted by molar-refractivity contribution is 5.33. The summed E-state index contributed by atoms with van der Waals surface area (Å²) >= 11 is 0. The Morgan fingerprint density at radius 3 is 2.61 bits per heavy atom. The standard InChI is InChI=1S/C19H22FNO2/c20-16-4-1-3-15(6-7-16)13-22-18-8-10-19(11-9-18)23-14-17-5-2-12-21-17/h1,3,6-11,17,21H,2,4-5,12-14H2. The van der Waals surface area contributed by atoms with Crippen molar-refractivity contribution < 1.29 is 13.9 Å². The normalized spacial score (nSPS) is 20.7. The summed E-state index contributed by atoms with van der Waals surface area (Å²) in [7, 11) is 0. The molecule has 3 rings (SSSR count). The van der Waals surface area contributed by atoms with E-state index in [1.165, 1.54) is 18.9 Å². The second-order valence-corrected chi connectivity index (χ2v) is 5.83. The van der Waals surface area contributed by atoms with Gasteiger partial charge in [0.25, 0.3) is 0 Å². The van der Waals surface area contributed by atoms with Crippen molar-refractivity contribution >= 4 is 0 Å². The van der Waals surface area contributed by atoms with Gasteiger partial charge in [-0.2, -0.15) is 0 Å². The molecule has 1 aromatic rings. The zero-order chi connectivity index (χ0) is 15.9. The molecule has 1 N–H and O–H groups in total. The van der Waals surface area contributed by atoms with Gasteiger partial charge in [0.05, 0.1) is 0 Å². The summed E-state index contributed by atoms with van der Waals surface area (Å²) in [5.41, 5.74) is 0.949. The van der Waals surface area contributed by atoms with Crippen molar-refractivity contribution in [2.24, 2.45) is 0 Å². The van der Waals surface area contributed by atoms with Crippen LogP contribution in [0.15, 0.2) is 60.0 Å². The van der Waals surface area contributed by atoms with Crippen molar-refractivity contribution in [2.75, 3.05) is 19.8 Å². The predicted octanol–water partition coefficient (Wildman–Crippen LogP) is 3.94. The van der Waals surface area contributed by atoms with E-state index in [2.05, 4.69) is 5.32 Å². The first-order valence-corrected chi connectivity index (χ1v) is 8.10. The van der Waals surface area contributed by atoms with Crippen LogP contribution in [-0.2, 0) is 0 Å². The minimum Gasteiger partial charge on any atom is -0.492 e. The van der Waals surface area contributed by atoms with Crippen LogP contribution < -0.4 is 14.8 Å². The summed E-state index contributed by atoms with van der Waals surface area (Å²) in [6.07, 6.45) is 9.71. The van der Waals surface area contributed by atoms with Crippen LogP contribution >= 0.6 is 0 Å². The zero-order valence-electron chi connectivity index (χ0n) is 13.1. The van der Waals surface area contributed by atoms with E-state index in [-0.39, 0.29) is 5.83 Å². The monoisotopic (exact) mass is 315 g/mol. The predicted molar refractivity (Wildman–Crippen MR) is 89.5 cm³/mol. The van der Waals surface area contributed by atoms with Gasteiger partial charge < -0.3 is 14.8 Å². The van der Waals surface area contributed by atoms with Crippen molar-refractivity contribution in [1.29, 1.82) is 0 Å². The average Bonchev–Trinajstić information content (AvgIpc) is 3.01. The number of halogens is 1. The van der Waals surface area contributed by atoms with E-state index < -0.39 is 0 Å². The molecule has 1 atom stereocenters. The molecule has 0 bridgehead atoms. The summed E-state index contributed by atoms with van der Waals surface area (Å²) in [4.78, 5) is 0. The lowest BCUT2D eigenvalue weighted by Crippen LogP contribution is -2.28. The Balaban J connectivity index is 1.47. The Kier molecular flexibility index (Phi) is 5.48. The fourth-order valence-electron chi connectivity index (χ4n) is 2.63. The van der Waals surface area contributed by atoms with E-state index in [0.717, 1.165) is 23.6 Å². The van der Waals surface area contributed by atoms with Gasteiger partial charge in [-0.3, -0.25) is 0 Å². The average molecular weight is 315 g/mol. The Morgan fingerprint density at radius 1 is 1.09 bits per heavy atom. The lowest BCUT2D eigenvalue weighted by molar-refractivity contribution is 0.276. The Hall–Kier alpha value is -2.07. The number of nitrogens with one attached hydrogen (secondary N) is 1. The molecule has 0 saturated carbocycles. The summed E-state index contributed by atoms with van der Waals surface area (Å²) in [5, 5.41) is 3.41. The molecule has 122 valence electrons. The van der Waals surface area contributed by atoms with Crippen molar-refractivity contribution in [2.45, 2.75) is 25.3 Å². The summed E-state index contributed by atoms with van der Waals surface area (Å²) in [5.74, 6) is 1.50. The topological polar surface area (TPSA) is 30.5 Å². The molecule has 0 amide bonds. The van der Waals surface area contributed by atoms with Gasteiger partial charge in [0.1, 0.15) is 30.5 Å². The Bertz CT molecular complexity index is 598. The van der Waals surface area contributed by atoms with Gasteiger partial charge in [-0.25, -0.2) is 4.39 Å². The highest BCUT2D eigenvalue weighted by Gasteiger charge is 2.14. The number of rotatable bonds is 6. The largest absolute Gasteiger partial charge is 0.492 e. The van der Waals surface area contributed by atoms with Crippen molar-refractivity contribution in [3.63, 3.8) is 0 Å². The third-order valence-corrected chi connectivity index (χ3v) is 3.97. The third-order valence-electron chi connectivity index (χ3n) is 3.97. The molecule has 1 aliphatic heterocycles. The molecule has 0 radical (unpaired) electrons. The first-order chi connectivity index (χ1) is 11.3. The lowest BCUT2D eigenvalue weighted by atomic mass is 10.2. The van der Waals surface area contributed by atoms with Crippen LogP contribution in [0.25, 0.3) is 0 Å². The van der Waals surface area contributed by atoms with Crippen LogP contribution in [0.5, 0.6) is 11.5 Å². The number of hydrogen-bond donors (Lipinski definition) is 1. The van der Waals surface area contributed by atoms with Gasteiger partial charge in [-0.15, -0.1) is 0 Å². The molecular formula is C19H22FNO2. The maximum atomic E-state index is 13.1. The Labute approximate surface area is 136 Å². The van der Waals surface area contributed by atoms with Crippen molar-refractivity contribution in [1.82, 2.24) is 5.32 Å². The summed E-state index contributed by atoms with van der Waals surface area (Å²) in [6, 6.07) is 8.10. The first-order valence-electron chi connectivity index (χ1n) is 8.10. The van der Waals surface area contributed by atoms with Crippen molar-refractivity contribution in [3.8, 4) is 11.5 Å². The molecule has 4 heteroatoms. The summed E-state index contributed by atoms with van der Waals surface area (Å²) in [6.45, 7) is 2.21. The molecule has 1 aromatic carbocycles. The fourth-order valence-corrected chi connectivity index (χ4v) is 2.63. The second-order valence-electron chi connectivity index (χ2n) is 5.83. The highest BCUT2D eigenvalue weighted by Crippen LogP contribution is 2.20. The quantitative estimate of drug-likeness (QED) is 0.862. The molecule has 1 saturated heterocycles. The van der Waals surface area contributed by atoms with E-state index in [1.807, 2.05) is 36.4 Å². The molecular weight excluding hydrogens is 293 g/mol. The number of hydrogen-bond acceptors (Lipinski definition) is 3. The third kappa shape index (κ3) is 4.96. The number of benzene rings is 1. The minimum atomic E-state index is -0.130. The summed E-state index contributed by atoms with van der Waals surface area (Å²) < 4.78 is 24.6. The molecule has 3 nitrogen and oxygen atoms in total. The molecule has 1 aliphatic carbocycles. The van der Waals surface area contributed by atoms with Gasteiger partial charge >= 0.3 is 0 Å². The SMILES string of the molecule is FC1=CC=C(COc2ccc(OCC3CCCN3)cc2)C=CC1.